The Morgan fingerprint density at radius 2 is 0.977 bits per heavy atom. The fraction of sp³-hybridized carbons (Fsp3) is 0.0250. The summed E-state index contributed by atoms with van der Waals surface area (Å²) < 4.78 is 2.35. The summed E-state index contributed by atoms with van der Waals surface area (Å²) in [4.78, 5) is 5.06. The van der Waals surface area contributed by atoms with Gasteiger partial charge in [-0.25, -0.2) is 0 Å². The van der Waals surface area contributed by atoms with Crippen molar-refractivity contribution in [3.63, 3.8) is 0 Å². The van der Waals surface area contributed by atoms with E-state index in [4.69, 9.17) is 4.99 Å². The number of hydrogen-bond donors (Lipinski definition) is 1. The van der Waals surface area contributed by atoms with Gasteiger partial charge in [0.25, 0.3) is 0 Å². The molecule has 0 saturated carbocycles. The molecule has 6 aromatic carbocycles. The van der Waals surface area contributed by atoms with Crippen molar-refractivity contribution >= 4 is 33.2 Å². The first-order valence-corrected chi connectivity index (χ1v) is 14.7. The van der Waals surface area contributed by atoms with Crippen LogP contribution in [-0.2, 0) is 0 Å². The molecule has 1 aromatic heterocycles. The van der Waals surface area contributed by atoms with Crippen LogP contribution in [0.25, 0.3) is 44.3 Å². The number of nitrogens with one attached hydrogen (secondary N) is 1. The topological polar surface area (TPSA) is 29.3 Å². The average molecular weight is 552 g/mol. The fourth-order valence-corrected chi connectivity index (χ4v) is 6.11. The molecule has 8 rings (SSSR count). The van der Waals surface area contributed by atoms with Gasteiger partial charge < -0.3 is 9.88 Å². The minimum Gasteiger partial charge on any atom is -0.360 e. The summed E-state index contributed by atoms with van der Waals surface area (Å²) in [6.45, 7) is 0. The first-order chi connectivity index (χ1) is 21.3. The summed E-state index contributed by atoms with van der Waals surface area (Å²) in [6.07, 6.45) is 2.01. The van der Waals surface area contributed by atoms with Crippen molar-refractivity contribution in [2.75, 3.05) is 0 Å². The Morgan fingerprint density at radius 1 is 0.465 bits per heavy atom. The first-order valence-electron chi connectivity index (χ1n) is 14.7. The van der Waals surface area contributed by atoms with Gasteiger partial charge in [0.1, 0.15) is 6.17 Å². The van der Waals surface area contributed by atoms with E-state index >= 15 is 0 Å². The van der Waals surface area contributed by atoms with Crippen LogP contribution in [0.3, 0.4) is 0 Å². The molecule has 1 aliphatic rings. The van der Waals surface area contributed by atoms with E-state index in [-0.39, 0.29) is 6.17 Å². The van der Waals surface area contributed by atoms with E-state index in [2.05, 4.69) is 162 Å². The quantitative estimate of drug-likeness (QED) is 0.227. The van der Waals surface area contributed by atoms with E-state index in [1.54, 1.807) is 0 Å². The van der Waals surface area contributed by atoms with Gasteiger partial charge in [-0.3, -0.25) is 4.99 Å². The predicted octanol–water partition coefficient (Wildman–Crippen LogP) is 9.58. The van der Waals surface area contributed by atoms with E-state index in [1.165, 1.54) is 32.9 Å². The maximum absolute atomic E-state index is 5.06. The second-order valence-corrected chi connectivity index (χ2v) is 10.9. The molecule has 0 radical (unpaired) electrons. The van der Waals surface area contributed by atoms with E-state index in [9.17, 15) is 0 Å². The highest BCUT2D eigenvalue weighted by Crippen LogP contribution is 2.33. The van der Waals surface area contributed by atoms with Gasteiger partial charge in [0.05, 0.1) is 16.7 Å². The van der Waals surface area contributed by atoms with Crippen LogP contribution in [0.4, 0.5) is 0 Å². The molecule has 3 nitrogen and oxygen atoms in total. The van der Waals surface area contributed by atoms with Crippen LogP contribution in [0.1, 0.15) is 22.9 Å². The molecular formula is C40H29N3. The third-order valence-electron chi connectivity index (χ3n) is 8.26. The molecule has 1 N–H and O–H groups in total. The van der Waals surface area contributed by atoms with E-state index in [0.717, 1.165) is 33.8 Å². The number of fused-ring (bicyclic) bond motifs is 3. The highest BCUT2D eigenvalue weighted by molar-refractivity contribution is 6.13. The fourth-order valence-electron chi connectivity index (χ4n) is 6.11. The third kappa shape index (κ3) is 4.61. The molecule has 3 heteroatoms. The summed E-state index contributed by atoms with van der Waals surface area (Å²) in [5.41, 5.74) is 11.4. The smallest absolute Gasteiger partial charge is 0.145 e. The highest BCUT2D eigenvalue weighted by atomic mass is 15.1. The lowest BCUT2D eigenvalue weighted by molar-refractivity contribution is 0.664. The molecule has 0 bridgehead atoms. The van der Waals surface area contributed by atoms with E-state index in [1.807, 2.05) is 12.1 Å². The lowest BCUT2D eigenvalue weighted by Gasteiger charge is -2.25. The third-order valence-corrected chi connectivity index (χ3v) is 8.26. The Bertz CT molecular complexity index is 2070. The molecular weight excluding hydrogens is 522 g/mol. The second-order valence-electron chi connectivity index (χ2n) is 10.9. The number of aromatic nitrogens is 1. The van der Waals surface area contributed by atoms with Crippen molar-refractivity contribution in [3.8, 4) is 16.8 Å². The van der Waals surface area contributed by atoms with Crippen LogP contribution in [0.5, 0.6) is 0 Å². The number of allylic oxidation sites excluding steroid dienone is 1. The summed E-state index contributed by atoms with van der Waals surface area (Å²) in [5.74, 6) is 0. The lowest BCUT2D eigenvalue weighted by Crippen LogP contribution is -2.24. The lowest BCUT2D eigenvalue weighted by atomic mass is 9.99. The van der Waals surface area contributed by atoms with Crippen molar-refractivity contribution in [3.05, 3.63) is 180 Å². The average Bonchev–Trinajstić information content (AvgIpc) is 3.43. The zero-order chi connectivity index (χ0) is 28.6. The van der Waals surface area contributed by atoms with Gasteiger partial charge >= 0.3 is 0 Å². The van der Waals surface area contributed by atoms with Crippen LogP contribution in [0.15, 0.2) is 169 Å². The van der Waals surface area contributed by atoms with Gasteiger partial charge in [-0.2, -0.15) is 0 Å². The molecule has 1 aliphatic heterocycles. The number of aliphatic imine (C=N–C) groups is 1. The number of hydrogen-bond acceptors (Lipinski definition) is 2. The van der Waals surface area contributed by atoms with Crippen LogP contribution < -0.4 is 5.32 Å². The molecule has 0 amide bonds. The van der Waals surface area contributed by atoms with Crippen molar-refractivity contribution in [2.45, 2.75) is 6.17 Å². The van der Waals surface area contributed by atoms with Crippen LogP contribution in [0.2, 0.25) is 0 Å². The van der Waals surface area contributed by atoms with Gasteiger partial charge in [-0.1, -0.05) is 133 Å². The maximum atomic E-state index is 5.06. The van der Waals surface area contributed by atoms with Crippen LogP contribution in [0, 0.1) is 0 Å². The first kappa shape index (κ1) is 25.1. The van der Waals surface area contributed by atoms with Gasteiger partial charge in [0.15, 0.2) is 0 Å². The molecule has 2 heterocycles. The summed E-state index contributed by atoms with van der Waals surface area (Å²) >= 11 is 0. The molecule has 7 aromatic rings. The Labute approximate surface area is 251 Å². The number of benzene rings is 6. The normalized spacial score (nSPS) is 14.7. The van der Waals surface area contributed by atoms with Crippen molar-refractivity contribution in [1.29, 1.82) is 0 Å². The highest BCUT2D eigenvalue weighted by Gasteiger charge is 2.19. The molecule has 0 saturated heterocycles. The summed E-state index contributed by atoms with van der Waals surface area (Å²) in [5, 5.41) is 6.22. The monoisotopic (exact) mass is 551 g/mol. The number of para-hydroxylation sites is 2. The molecule has 0 fully saturated rings. The summed E-state index contributed by atoms with van der Waals surface area (Å²) in [7, 11) is 0. The molecule has 43 heavy (non-hydrogen) atoms. The molecule has 204 valence electrons. The van der Waals surface area contributed by atoms with E-state index in [0.29, 0.717) is 0 Å². The number of nitrogens with zero attached hydrogens (tertiary/aromatic N) is 2. The van der Waals surface area contributed by atoms with Gasteiger partial charge in [-0.15, -0.1) is 0 Å². The number of rotatable bonds is 5. The predicted molar refractivity (Wildman–Crippen MR) is 179 cm³/mol. The van der Waals surface area contributed by atoms with Crippen molar-refractivity contribution in [2.24, 2.45) is 4.99 Å². The molecule has 1 atom stereocenters. The van der Waals surface area contributed by atoms with Crippen LogP contribution >= 0.6 is 0 Å². The minimum absolute atomic E-state index is 0.149. The van der Waals surface area contributed by atoms with Crippen molar-refractivity contribution < 1.29 is 0 Å². The summed E-state index contributed by atoms with van der Waals surface area (Å²) in [6, 6.07) is 55.8. The van der Waals surface area contributed by atoms with Gasteiger partial charge in [0, 0.05) is 22.2 Å². The molecule has 1 unspecified atom stereocenters. The Morgan fingerprint density at radius 3 is 1.60 bits per heavy atom. The second kappa shape index (κ2) is 10.6. The van der Waals surface area contributed by atoms with E-state index < -0.39 is 0 Å². The Hall–Kier alpha value is -5.67. The van der Waals surface area contributed by atoms with Gasteiger partial charge in [0.2, 0.25) is 0 Å². The Balaban J connectivity index is 1.11. The van der Waals surface area contributed by atoms with Crippen LogP contribution in [-0.4, -0.2) is 10.3 Å². The largest absolute Gasteiger partial charge is 0.360 e. The molecule has 0 spiro atoms. The Kier molecular flexibility index (Phi) is 6.20. The maximum Gasteiger partial charge on any atom is 0.145 e. The SMILES string of the molecule is C1=C(c2ccc(-c3ccc(-n4c5ccccc5c5ccccc54)cc3)cc2)NC(c2ccccc2)N=C1c1ccccc1. The van der Waals surface area contributed by atoms with Gasteiger partial charge in [-0.05, 0) is 58.2 Å². The zero-order valence-corrected chi connectivity index (χ0v) is 23.6. The zero-order valence-electron chi connectivity index (χ0n) is 23.6. The molecule has 0 aliphatic carbocycles. The standard InChI is InChI=1S/C40H29N3/c1-3-11-30(12-4-1)36-27-37(42-40(41-36)32-13-5-2-6-14-32)31-21-19-28(20-22-31)29-23-25-33(26-24-29)43-38-17-9-7-15-34(38)35-16-8-10-18-39(35)43/h1-27,40,42H. The minimum atomic E-state index is -0.149. The van der Waals surface area contributed by atoms with Crippen molar-refractivity contribution in [1.82, 2.24) is 9.88 Å².